The van der Waals surface area contributed by atoms with Gasteiger partial charge in [0.15, 0.2) is 0 Å². The van der Waals surface area contributed by atoms with Crippen LogP contribution in [0.3, 0.4) is 0 Å². The molecule has 0 bridgehead atoms. The summed E-state index contributed by atoms with van der Waals surface area (Å²) in [7, 11) is 1.08. The van der Waals surface area contributed by atoms with Gasteiger partial charge in [0.25, 0.3) is 5.91 Å². The van der Waals surface area contributed by atoms with E-state index in [9.17, 15) is 31.9 Å². The SMILES string of the molecule is COC(=O)c1cc2c(cc1F)SC[C@H](NC(=O)OC(C)(C)C)C(=O)N2Cc1ccc(OC(F)(F)F)cc1. The van der Waals surface area contributed by atoms with Gasteiger partial charge in [-0.3, -0.25) is 4.79 Å². The van der Waals surface area contributed by atoms with Gasteiger partial charge in [0.1, 0.15) is 23.2 Å². The molecule has 0 aliphatic carbocycles. The van der Waals surface area contributed by atoms with Crippen LogP contribution in [0.2, 0.25) is 0 Å². The van der Waals surface area contributed by atoms with Crippen LogP contribution in [-0.4, -0.2) is 48.8 Å². The Morgan fingerprint density at radius 1 is 1.14 bits per heavy atom. The molecule has 0 saturated carbocycles. The number of ether oxygens (including phenoxy) is 3. The number of alkyl carbamates (subject to hydrolysis) is 1. The van der Waals surface area contributed by atoms with Crippen LogP contribution in [0.5, 0.6) is 5.75 Å². The molecule has 1 aliphatic heterocycles. The lowest BCUT2D eigenvalue weighted by Gasteiger charge is -2.27. The molecule has 13 heteroatoms. The fourth-order valence-corrected chi connectivity index (χ4v) is 4.46. The Morgan fingerprint density at radius 2 is 1.78 bits per heavy atom. The van der Waals surface area contributed by atoms with Crippen molar-refractivity contribution in [3.8, 4) is 5.75 Å². The molecule has 1 atom stereocenters. The third-order valence-electron chi connectivity index (χ3n) is 4.90. The van der Waals surface area contributed by atoms with Crippen LogP contribution < -0.4 is 15.0 Å². The van der Waals surface area contributed by atoms with Crippen molar-refractivity contribution in [2.24, 2.45) is 0 Å². The summed E-state index contributed by atoms with van der Waals surface area (Å²) in [6, 6.07) is 5.98. The fraction of sp³-hybridized carbons (Fsp3) is 0.375. The monoisotopic (exact) mass is 544 g/mol. The van der Waals surface area contributed by atoms with E-state index >= 15 is 0 Å². The lowest BCUT2D eigenvalue weighted by atomic mass is 10.1. The van der Waals surface area contributed by atoms with Crippen LogP contribution in [0.15, 0.2) is 41.3 Å². The second-order valence-corrected chi connectivity index (χ2v) is 9.98. The van der Waals surface area contributed by atoms with E-state index in [1.54, 1.807) is 20.8 Å². The number of fused-ring (bicyclic) bond motifs is 1. The van der Waals surface area contributed by atoms with E-state index in [0.29, 0.717) is 10.5 Å². The normalized spacial score (nSPS) is 15.9. The topological polar surface area (TPSA) is 94.2 Å². The van der Waals surface area contributed by atoms with Crippen molar-refractivity contribution in [1.82, 2.24) is 5.32 Å². The van der Waals surface area contributed by atoms with Crippen LogP contribution in [0, 0.1) is 5.82 Å². The maximum atomic E-state index is 14.7. The molecule has 0 unspecified atom stereocenters. The van der Waals surface area contributed by atoms with E-state index in [1.165, 1.54) is 23.1 Å². The molecule has 200 valence electrons. The van der Waals surface area contributed by atoms with E-state index in [4.69, 9.17) is 4.74 Å². The Bertz CT molecular complexity index is 1180. The number of benzene rings is 2. The van der Waals surface area contributed by atoms with Gasteiger partial charge in [-0.25, -0.2) is 14.0 Å². The number of hydrogen-bond acceptors (Lipinski definition) is 7. The Labute approximate surface area is 214 Å². The largest absolute Gasteiger partial charge is 0.573 e. The first-order valence-corrected chi connectivity index (χ1v) is 11.9. The van der Waals surface area contributed by atoms with Gasteiger partial charge in [-0.2, -0.15) is 0 Å². The summed E-state index contributed by atoms with van der Waals surface area (Å²) < 4.78 is 65.9. The molecule has 37 heavy (non-hydrogen) atoms. The predicted molar refractivity (Wildman–Crippen MR) is 126 cm³/mol. The number of nitrogens with zero attached hydrogens (tertiary/aromatic N) is 1. The maximum absolute atomic E-state index is 14.7. The number of halogens is 4. The third-order valence-corrected chi connectivity index (χ3v) is 6.04. The van der Waals surface area contributed by atoms with Crippen LogP contribution in [0.4, 0.5) is 28.0 Å². The minimum absolute atomic E-state index is 0.0247. The molecule has 0 saturated heterocycles. The molecule has 2 aromatic rings. The van der Waals surface area contributed by atoms with Gasteiger partial charge in [-0.15, -0.1) is 24.9 Å². The highest BCUT2D eigenvalue weighted by atomic mass is 32.2. The average molecular weight is 545 g/mol. The number of hydrogen-bond donors (Lipinski definition) is 1. The molecule has 1 heterocycles. The summed E-state index contributed by atoms with van der Waals surface area (Å²) in [6.45, 7) is 4.79. The first-order chi connectivity index (χ1) is 17.2. The number of anilines is 1. The van der Waals surface area contributed by atoms with E-state index in [-0.39, 0.29) is 18.0 Å². The minimum Gasteiger partial charge on any atom is -0.465 e. The summed E-state index contributed by atoms with van der Waals surface area (Å²) in [6.07, 6.45) is -5.71. The van der Waals surface area contributed by atoms with Gasteiger partial charge >= 0.3 is 18.4 Å². The predicted octanol–water partition coefficient (Wildman–Crippen LogP) is 5.04. The maximum Gasteiger partial charge on any atom is 0.573 e. The van der Waals surface area contributed by atoms with Crippen molar-refractivity contribution >= 4 is 35.4 Å². The molecule has 1 aliphatic rings. The molecule has 3 rings (SSSR count). The minimum atomic E-state index is -4.87. The highest BCUT2D eigenvalue weighted by Gasteiger charge is 2.35. The quantitative estimate of drug-likeness (QED) is 0.416. The summed E-state index contributed by atoms with van der Waals surface area (Å²) in [5, 5.41) is 2.51. The van der Waals surface area contributed by atoms with Gasteiger partial charge in [-0.1, -0.05) is 12.1 Å². The molecule has 0 aromatic heterocycles. The number of carbonyl (C=O) groups is 3. The van der Waals surface area contributed by atoms with Gasteiger partial charge in [0.05, 0.1) is 24.9 Å². The Balaban J connectivity index is 1.98. The molecule has 0 radical (unpaired) electrons. The average Bonchev–Trinajstić information content (AvgIpc) is 2.89. The van der Waals surface area contributed by atoms with Crippen LogP contribution >= 0.6 is 11.8 Å². The van der Waals surface area contributed by atoms with Crippen molar-refractivity contribution in [2.45, 2.75) is 50.2 Å². The zero-order chi connectivity index (χ0) is 27.5. The number of nitrogens with one attached hydrogen (secondary N) is 1. The highest BCUT2D eigenvalue weighted by molar-refractivity contribution is 7.99. The van der Waals surface area contributed by atoms with Gasteiger partial charge < -0.3 is 24.4 Å². The van der Waals surface area contributed by atoms with E-state index in [2.05, 4.69) is 14.8 Å². The Hall–Kier alpha value is -3.48. The fourth-order valence-electron chi connectivity index (χ4n) is 3.38. The van der Waals surface area contributed by atoms with Crippen molar-refractivity contribution in [2.75, 3.05) is 17.8 Å². The molecular weight excluding hydrogens is 520 g/mol. The lowest BCUT2D eigenvalue weighted by molar-refractivity contribution is -0.274. The number of amides is 2. The second-order valence-electron chi connectivity index (χ2n) is 8.92. The standard InChI is InChI=1S/C24H24F4N2O6S/c1-23(2,3)36-22(33)29-17-12-37-19-10-16(25)15(21(32)34-4)9-18(19)30(20(17)31)11-13-5-7-14(8-6-13)35-24(26,27)28/h5-10,17H,11-12H2,1-4H3,(H,29,33)/t17-/m0/s1. The molecule has 0 spiro atoms. The number of alkyl halides is 3. The second kappa shape index (κ2) is 10.9. The zero-order valence-electron chi connectivity index (χ0n) is 20.3. The zero-order valence-corrected chi connectivity index (χ0v) is 21.1. The summed E-state index contributed by atoms with van der Waals surface area (Å²) in [5.74, 6) is -2.85. The van der Waals surface area contributed by atoms with Crippen molar-refractivity contribution in [3.05, 3.63) is 53.3 Å². The molecule has 2 aromatic carbocycles. The number of methoxy groups -OCH3 is 1. The summed E-state index contributed by atoms with van der Waals surface area (Å²) >= 11 is 1.08. The van der Waals surface area contributed by atoms with Crippen molar-refractivity contribution in [3.63, 3.8) is 0 Å². The third kappa shape index (κ3) is 7.51. The van der Waals surface area contributed by atoms with Crippen molar-refractivity contribution in [1.29, 1.82) is 0 Å². The Kier molecular flexibility index (Phi) is 8.25. The van der Waals surface area contributed by atoms with Crippen molar-refractivity contribution < 1.29 is 46.2 Å². The van der Waals surface area contributed by atoms with Gasteiger partial charge in [0.2, 0.25) is 0 Å². The van der Waals surface area contributed by atoms with Gasteiger partial charge in [-0.05, 0) is 50.6 Å². The van der Waals surface area contributed by atoms with Crippen LogP contribution in [0.1, 0.15) is 36.7 Å². The highest BCUT2D eigenvalue weighted by Crippen LogP contribution is 2.38. The van der Waals surface area contributed by atoms with E-state index < -0.39 is 53.1 Å². The van der Waals surface area contributed by atoms with Crippen LogP contribution in [0.25, 0.3) is 0 Å². The molecule has 8 nitrogen and oxygen atoms in total. The number of carbonyl (C=O) groups excluding carboxylic acids is 3. The number of rotatable bonds is 5. The first kappa shape index (κ1) is 28.1. The number of esters is 1. The smallest absolute Gasteiger partial charge is 0.465 e. The molecule has 1 N–H and O–H groups in total. The van der Waals surface area contributed by atoms with E-state index in [1.807, 2.05) is 0 Å². The van der Waals surface area contributed by atoms with Crippen LogP contribution in [-0.2, 0) is 20.8 Å². The molecule has 2 amide bonds. The number of thioether (sulfide) groups is 1. The summed E-state index contributed by atoms with van der Waals surface area (Å²) in [4.78, 5) is 39.5. The molecular formula is C24H24F4N2O6S. The van der Waals surface area contributed by atoms with E-state index in [0.717, 1.165) is 37.1 Å². The molecule has 0 fully saturated rings. The summed E-state index contributed by atoms with van der Waals surface area (Å²) in [5.41, 5.74) is -0.666. The Morgan fingerprint density at radius 3 is 2.35 bits per heavy atom. The van der Waals surface area contributed by atoms with Gasteiger partial charge in [0, 0.05) is 10.6 Å². The first-order valence-electron chi connectivity index (χ1n) is 10.9. The lowest BCUT2D eigenvalue weighted by Crippen LogP contribution is -2.50.